The molecule has 0 aromatic heterocycles. The van der Waals surface area contributed by atoms with E-state index >= 15 is 0 Å². The van der Waals surface area contributed by atoms with Crippen LogP contribution in [0.1, 0.15) is 219 Å². The Morgan fingerprint density at radius 3 is 1.22 bits per heavy atom. The number of carbonyl (C=O) groups excluding carboxylic acids is 1. The van der Waals surface area contributed by atoms with Crippen LogP contribution in [-0.2, 0) is 23.7 Å². The first-order valence-corrected chi connectivity index (χ1v) is 34.7. The molecule has 90 heavy (non-hydrogen) atoms. The summed E-state index contributed by atoms with van der Waals surface area (Å²) in [7, 11) is 0. The van der Waals surface area contributed by atoms with E-state index in [1.54, 1.807) is 6.08 Å². The number of amides is 1. The number of hydrogen-bond acceptors (Lipinski definition) is 13. The molecule has 2 fully saturated rings. The molecule has 2 heterocycles. The van der Waals surface area contributed by atoms with Crippen LogP contribution in [0.3, 0.4) is 0 Å². The topological polar surface area (TPSA) is 228 Å². The Morgan fingerprint density at radius 2 is 0.778 bits per heavy atom. The minimum absolute atomic E-state index is 0.240. The molecular weight excluding hydrogens is 1130 g/mol. The highest BCUT2D eigenvalue weighted by atomic mass is 16.7. The smallest absolute Gasteiger partial charge is 0.220 e. The SMILES string of the molecule is CC/C=C\C/C=C\C/C=C\C/C=C\C/C=C\C/C=C\C/C=C\C/C=C\C/C=C\C/C=C\C/C=C\CCCCCCCC(=O)NC(COC1OC(CO)C(OC2OC(CO)C(O)C(O)C2O)C(O)C1O)C(O)/C=C/CC/C=C/CCCCCCCCCCCCC. The van der Waals surface area contributed by atoms with Gasteiger partial charge in [0.1, 0.15) is 48.8 Å². The van der Waals surface area contributed by atoms with Gasteiger partial charge < -0.3 is 65.1 Å². The Morgan fingerprint density at radius 1 is 0.411 bits per heavy atom. The third kappa shape index (κ3) is 42.0. The predicted octanol–water partition coefficient (Wildman–Crippen LogP) is 14.2. The number of unbranched alkanes of at least 4 members (excludes halogenated alkanes) is 17. The second-order valence-electron chi connectivity index (χ2n) is 23.6. The van der Waals surface area contributed by atoms with Crippen molar-refractivity contribution in [3.8, 4) is 0 Å². The van der Waals surface area contributed by atoms with Crippen molar-refractivity contribution in [1.29, 1.82) is 0 Å². The predicted molar refractivity (Wildman–Crippen MR) is 368 cm³/mol. The van der Waals surface area contributed by atoms with Crippen LogP contribution in [0.4, 0.5) is 0 Å². The lowest BCUT2D eigenvalue weighted by atomic mass is 9.97. The molecule has 0 aromatic rings. The van der Waals surface area contributed by atoms with Crippen LogP contribution in [-0.4, -0.2) is 140 Å². The van der Waals surface area contributed by atoms with Crippen molar-refractivity contribution in [3.63, 3.8) is 0 Å². The Labute approximate surface area is 544 Å². The molecule has 0 aliphatic carbocycles. The van der Waals surface area contributed by atoms with Gasteiger partial charge in [-0.3, -0.25) is 4.79 Å². The fourth-order valence-corrected chi connectivity index (χ4v) is 10.2. The number of hydrogen-bond donors (Lipinski definition) is 9. The highest BCUT2D eigenvalue weighted by Crippen LogP contribution is 2.30. The molecular formula is C76H123NO13. The van der Waals surface area contributed by atoms with Gasteiger partial charge in [0.05, 0.1) is 32.0 Å². The lowest BCUT2D eigenvalue weighted by Gasteiger charge is -2.46. The van der Waals surface area contributed by atoms with Crippen molar-refractivity contribution in [3.05, 3.63) is 158 Å². The second kappa shape index (κ2) is 58.4. The van der Waals surface area contributed by atoms with Gasteiger partial charge in [0, 0.05) is 6.42 Å². The normalized spacial score (nSPS) is 23.9. The van der Waals surface area contributed by atoms with Gasteiger partial charge in [0.25, 0.3) is 0 Å². The summed E-state index contributed by atoms with van der Waals surface area (Å²) >= 11 is 0. The van der Waals surface area contributed by atoms with Crippen molar-refractivity contribution in [1.82, 2.24) is 5.32 Å². The first-order valence-electron chi connectivity index (χ1n) is 34.7. The number of allylic oxidation sites excluding steroid dienone is 25. The number of rotatable bonds is 54. The number of nitrogens with one attached hydrogen (secondary N) is 1. The summed E-state index contributed by atoms with van der Waals surface area (Å²) in [5.41, 5.74) is 0. The second-order valence-corrected chi connectivity index (χ2v) is 23.6. The first-order chi connectivity index (χ1) is 44.1. The van der Waals surface area contributed by atoms with Crippen LogP contribution in [0.25, 0.3) is 0 Å². The van der Waals surface area contributed by atoms with Crippen LogP contribution in [0.5, 0.6) is 0 Å². The molecule has 9 N–H and O–H groups in total. The van der Waals surface area contributed by atoms with Crippen molar-refractivity contribution < 1.29 is 64.6 Å². The van der Waals surface area contributed by atoms with Crippen LogP contribution in [0, 0.1) is 0 Å². The first kappa shape index (κ1) is 81.7. The minimum atomic E-state index is -1.80. The summed E-state index contributed by atoms with van der Waals surface area (Å²) in [4.78, 5) is 13.3. The summed E-state index contributed by atoms with van der Waals surface area (Å²) in [5.74, 6) is -0.275. The highest BCUT2D eigenvalue weighted by Gasteiger charge is 2.51. The fraction of sp³-hybridized carbons (Fsp3) is 0.645. The molecule has 510 valence electrons. The molecule has 0 radical (unpaired) electrons. The van der Waals surface area contributed by atoms with E-state index in [-0.39, 0.29) is 18.9 Å². The van der Waals surface area contributed by atoms with Gasteiger partial charge >= 0.3 is 0 Å². The van der Waals surface area contributed by atoms with Gasteiger partial charge in [-0.25, -0.2) is 0 Å². The zero-order valence-corrected chi connectivity index (χ0v) is 55.3. The Kier molecular flexibility index (Phi) is 53.0. The van der Waals surface area contributed by atoms with Crippen molar-refractivity contribution in [2.75, 3.05) is 19.8 Å². The molecule has 0 saturated carbocycles. The van der Waals surface area contributed by atoms with Gasteiger partial charge in [0.2, 0.25) is 5.91 Å². The molecule has 0 bridgehead atoms. The van der Waals surface area contributed by atoms with Crippen molar-refractivity contribution in [2.45, 2.75) is 293 Å². The molecule has 2 saturated heterocycles. The van der Waals surface area contributed by atoms with E-state index in [0.29, 0.717) is 12.8 Å². The number of aliphatic hydroxyl groups is 8. The highest BCUT2D eigenvalue weighted by molar-refractivity contribution is 5.76. The van der Waals surface area contributed by atoms with Crippen molar-refractivity contribution in [2.24, 2.45) is 0 Å². The van der Waals surface area contributed by atoms with Gasteiger partial charge in [-0.05, 0) is 116 Å². The summed E-state index contributed by atoms with van der Waals surface area (Å²) in [5, 5.41) is 87.3. The maximum absolute atomic E-state index is 13.3. The van der Waals surface area contributed by atoms with E-state index in [9.17, 15) is 45.6 Å². The van der Waals surface area contributed by atoms with E-state index in [0.717, 1.165) is 116 Å². The molecule has 0 spiro atoms. The quantitative estimate of drug-likeness (QED) is 0.0204. The van der Waals surface area contributed by atoms with Gasteiger partial charge in [-0.1, -0.05) is 255 Å². The van der Waals surface area contributed by atoms with Crippen LogP contribution in [0.2, 0.25) is 0 Å². The number of aliphatic hydroxyl groups excluding tert-OH is 8. The molecule has 12 atom stereocenters. The van der Waals surface area contributed by atoms with E-state index in [2.05, 4.69) is 165 Å². The third-order valence-corrected chi connectivity index (χ3v) is 15.7. The zero-order valence-electron chi connectivity index (χ0n) is 55.3. The summed E-state index contributed by atoms with van der Waals surface area (Å²) in [6.45, 7) is 2.64. The van der Waals surface area contributed by atoms with E-state index in [4.69, 9.17) is 18.9 Å². The average Bonchev–Trinajstić information content (AvgIpc) is 1.04. The van der Waals surface area contributed by atoms with Crippen LogP contribution < -0.4 is 5.32 Å². The molecule has 2 aliphatic rings. The lowest BCUT2D eigenvalue weighted by Crippen LogP contribution is -2.65. The van der Waals surface area contributed by atoms with Crippen molar-refractivity contribution >= 4 is 5.91 Å². The largest absolute Gasteiger partial charge is 0.394 e. The Balaban J connectivity index is 1.68. The average molecular weight is 1260 g/mol. The standard InChI is InChI=1S/C76H123NO13/c1-3-5-7-9-11-13-15-17-19-21-22-23-24-25-26-27-28-29-30-31-32-33-34-35-36-37-38-39-40-41-42-44-46-48-50-52-54-56-58-60-68(81)77-64(65(80)59-57-55-53-51-49-47-45-43-20-18-16-14-12-10-8-6-4-2)63-87-75-73(86)71(84)74(67(62-79)89-75)90-76-72(85)70(83)69(82)66(61-78)88-76/h5,7,11,13,17,19,22-23,25-26,28-29,31-32,34-35,37-38,40-41,44,46,49,51,57,59,64-67,69-76,78-80,82-86H,3-4,6,8-10,12,14-16,18,20-21,24,27,30,33,36,39,42-43,45,47-48,50,52-56,58,60-63H2,1-2H3,(H,77,81)/b7-5-,13-11-,19-17-,23-22-,26-25-,29-28-,32-31-,35-34-,38-37-,41-40-,46-44-,51-49+,59-57+. The monoisotopic (exact) mass is 1260 g/mol. The van der Waals surface area contributed by atoms with Gasteiger partial charge in [0.15, 0.2) is 12.6 Å². The third-order valence-electron chi connectivity index (χ3n) is 15.7. The molecule has 14 nitrogen and oxygen atoms in total. The lowest BCUT2D eigenvalue weighted by molar-refractivity contribution is -0.359. The maximum atomic E-state index is 13.3. The molecule has 0 aromatic carbocycles. The van der Waals surface area contributed by atoms with Crippen LogP contribution >= 0.6 is 0 Å². The molecule has 1 amide bonds. The van der Waals surface area contributed by atoms with E-state index in [1.807, 2.05) is 6.08 Å². The van der Waals surface area contributed by atoms with E-state index in [1.165, 1.54) is 70.6 Å². The molecule has 12 unspecified atom stereocenters. The zero-order chi connectivity index (χ0) is 65.2. The molecule has 14 heteroatoms. The minimum Gasteiger partial charge on any atom is -0.394 e. The maximum Gasteiger partial charge on any atom is 0.220 e. The van der Waals surface area contributed by atoms with Gasteiger partial charge in [-0.2, -0.15) is 0 Å². The summed E-state index contributed by atoms with van der Waals surface area (Å²) in [6, 6.07) is -0.954. The van der Waals surface area contributed by atoms with Crippen LogP contribution in [0.15, 0.2) is 158 Å². The summed E-state index contributed by atoms with van der Waals surface area (Å²) < 4.78 is 22.8. The van der Waals surface area contributed by atoms with Gasteiger partial charge in [-0.15, -0.1) is 0 Å². The Bertz CT molecular complexity index is 2120. The van der Waals surface area contributed by atoms with E-state index < -0.39 is 86.8 Å². The number of ether oxygens (including phenoxy) is 4. The molecule has 2 aliphatic heterocycles. The Hall–Kier alpha value is -4.39. The molecule has 2 rings (SSSR count). The fourth-order valence-electron chi connectivity index (χ4n) is 10.2. The number of carbonyl (C=O) groups is 1. The summed E-state index contributed by atoms with van der Waals surface area (Å²) in [6.07, 6.45) is 72.9.